The molecule has 0 saturated carbocycles. The predicted molar refractivity (Wildman–Crippen MR) is 89.8 cm³/mol. The summed E-state index contributed by atoms with van der Waals surface area (Å²) in [7, 11) is 0. The van der Waals surface area contributed by atoms with Gasteiger partial charge >= 0.3 is 0 Å². The van der Waals surface area contributed by atoms with Crippen molar-refractivity contribution in [3.05, 3.63) is 71.9 Å². The molecule has 2 aromatic carbocycles. The van der Waals surface area contributed by atoms with Gasteiger partial charge in [-0.15, -0.1) is 0 Å². The molecular weight excluding hydrogens is 272 g/mol. The van der Waals surface area contributed by atoms with Crippen LogP contribution in [0.4, 0.5) is 0 Å². The lowest BCUT2D eigenvalue weighted by molar-refractivity contribution is -0.120. The lowest BCUT2D eigenvalue weighted by atomic mass is 10.1. The average Bonchev–Trinajstić information content (AvgIpc) is 2.96. The first-order chi connectivity index (χ1) is 10.8. The van der Waals surface area contributed by atoms with Crippen molar-refractivity contribution in [1.29, 1.82) is 0 Å². The third-order valence-corrected chi connectivity index (χ3v) is 3.83. The number of H-pyrrole nitrogens is 1. The Hall–Kier alpha value is -2.55. The standard InChI is InChI=1S/C19H20N2O/c22-19(20-12-6-9-15-7-2-1-3-8-15)13-16-14-21-18-11-5-4-10-17(16)18/h1-5,7-8,10-11,14,21H,6,9,12-13H2,(H,20,22). The number of hydrogen-bond acceptors (Lipinski definition) is 1. The molecule has 3 nitrogen and oxygen atoms in total. The van der Waals surface area contributed by atoms with Crippen molar-refractivity contribution in [2.75, 3.05) is 6.54 Å². The molecule has 0 spiro atoms. The highest BCUT2D eigenvalue weighted by molar-refractivity contribution is 5.88. The summed E-state index contributed by atoms with van der Waals surface area (Å²) < 4.78 is 0. The molecule has 0 fully saturated rings. The van der Waals surface area contributed by atoms with Crippen molar-refractivity contribution in [3.8, 4) is 0 Å². The fourth-order valence-electron chi connectivity index (χ4n) is 2.68. The molecule has 0 aliphatic carbocycles. The number of aromatic nitrogens is 1. The van der Waals surface area contributed by atoms with Gasteiger partial charge in [-0.1, -0.05) is 48.5 Å². The van der Waals surface area contributed by atoms with Gasteiger partial charge in [0.15, 0.2) is 0 Å². The topological polar surface area (TPSA) is 44.9 Å². The maximum Gasteiger partial charge on any atom is 0.224 e. The van der Waals surface area contributed by atoms with E-state index in [1.807, 2.05) is 48.7 Å². The largest absolute Gasteiger partial charge is 0.361 e. The quantitative estimate of drug-likeness (QED) is 0.671. The number of aromatic amines is 1. The third kappa shape index (κ3) is 3.55. The van der Waals surface area contributed by atoms with Crippen LogP contribution in [-0.2, 0) is 17.6 Å². The highest BCUT2D eigenvalue weighted by Gasteiger charge is 2.07. The van der Waals surface area contributed by atoms with Gasteiger partial charge in [0.2, 0.25) is 5.91 Å². The first-order valence-electron chi connectivity index (χ1n) is 7.68. The summed E-state index contributed by atoms with van der Waals surface area (Å²) in [4.78, 5) is 15.2. The minimum absolute atomic E-state index is 0.0813. The normalized spacial score (nSPS) is 10.7. The summed E-state index contributed by atoms with van der Waals surface area (Å²) in [5.74, 6) is 0.0813. The number of nitrogens with one attached hydrogen (secondary N) is 2. The Morgan fingerprint density at radius 2 is 1.77 bits per heavy atom. The fourth-order valence-corrected chi connectivity index (χ4v) is 2.68. The summed E-state index contributed by atoms with van der Waals surface area (Å²) >= 11 is 0. The van der Waals surface area contributed by atoms with Crippen molar-refractivity contribution in [2.24, 2.45) is 0 Å². The van der Waals surface area contributed by atoms with Crippen LogP contribution >= 0.6 is 0 Å². The van der Waals surface area contributed by atoms with Crippen LogP contribution in [0.1, 0.15) is 17.5 Å². The summed E-state index contributed by atoms with van der Waals surface area (Å²) in [5, 5.41) is 4.13. The molecule has 112 valence electrons. The van der Waals surface area contributed by atoms with Crippen LogP contribution in [0.5, 0.6) is 0 Å². The minimum Gasteiger partial charge on any atom is -0.361 e. The van der Waals surface area contributed by atoms with Crippen LogP contribution in [0, 0.1) is 0 Å². The lowest BCUT2D eigenvalue weighted by Gasteiger charge is -2.05. The maximum atomic E-state index is 12.0. The summed E-state index contributed by atoms with van der Waals surface area (Å²) in [6.45, 7) is 0.718. The van der Waals surface area contributed by atoms with E-state index in [2.05, 4.69) is 22.4 Å². The van der Waals surface area contributed by atoms with E-state index in [1.165, 1.54) is 5.56 Å². The molecule has 0 saturated heterocycles. The number of carbonyl (C=O) groups is 1. The maximum absolute atomic E-state index is 12.0. The van der Waals surface area contributed by atoms with Gasteiger partial charge in [0.05, 0.1) is 6.42 Å². The van der Waals surface area contributed by atoms with Crippen LogP contribution in [0.25, 0.3) is 10.9 Å². The lowest BCUT2D eigenvalue weighted by Crippen LogP contribution is -2.26. The number of fused-ring (bicyclic) bond motifs is 1. The summed E-state index contributed by atoms with van der Waals surface area (Å²) in [6, 6.07) is 18.4. The molecule has 0 bridgehead atoms. The molecule has 3 heteroatoms. The Balaban J connectivity index is 1.47. The molecule has 22 heavy (non-hydrogen) atoms. The molecular formula is C19H20N2O. The molecule has 0 radical (unpaired) electrons. The second kappa shape index (κ2) is 6.94. The SMILES string of the molecule is O=C(Cc1c[nH]c2ccccc12)NCCCc1ccccc1. The number of benzene rings is 2. The van der Waals surface area contributed by atoms with Gasteiger partial charge in [-0.3, -0.25) is 4.79 Å². The Labute approximate surface area is 130 Å². The minimum atomic E-state index is 0.0813. The van der Waals surface area contributed by atoms with Gasteiger partial charge in [-0.05, 0) is 30.0 Å². The van der Waals surface area contributed by atoms with E-state index in [0.29, 0.717) is 6.42 Å². The molecule has 0 aliphatic rings. The molecule has 0 atom stereocenters. The second-order valence-electron chi connectivity index (χ2n) is 5.48. The molecule has 3 aromatic rings. The van der Waals surface area contributed by atoms with Gasteiger partial charge < -0.3 is 10.3 Å². The van der Waals surface area contributed by atoms with E-state index in [-0.39, 0.29) is 5.91 Å². The monoisotopic (exact) mass is 292 g/mol. The summed E-state index contributed by atoms with van der Waals surface area (Å²) in [5.41, 5.74) is 3.44. The number of amides is 1. The first kappa shape index (κ1) is 14.4. The first-order valence-corrected chi connectivity index (χ1v) is 7.68. The zero-order valence-electron chi connectivity index (χ0n) is 12.5. The molecule has 3 rings (SSSR count). The zero-order valence-corrected chi connectivity index (χ0v) is 12.5. The van der Waals surface area contributed by atoms with Gasteiger partial charge in [-0.2, -0.15) is 0 Å². The van der Waals surface area contributed by atoms with Crippen molar-refractivity contribution in [2.45, 2.75) is 19.3 Å². The molecule has 0 unspecified atom stereocenters. The van der Waals surface area contributed by atoms with E-state index in [0.717, 1.165) is 35.9 Å². The van der Waals surface area contributed by atoms with Crippen LogP contribution in [0.3, 0.4) is 0 Å². The fraction of sp³-hybridized carbons (Fsp3) is 0.211. The number of para-hydroxylation sites is 1. The van der Waals surface area contributed by atoms with Crippen molar-refractivity contribution >= 4 is 16.8 Å². The van der Waals surface area contributed by atoms with Crippen LogP contribution in [0.15, 0.2) is 60.8 Å². The van der Waals surface area contributed by atoms with Gasteiger partial charge in [0.25, 0.3) is 0 Å². The molecule has 1 amide bonds. The number of hydrogen-bond donors (Lipinski definition) is 2. The van der Waals surface area contributed by atoms with E-state index in [1.54, 1.807) is 0 Å². The van der Waals surface area contributed by atoms with Crippen molar-refractivity contribution in [3.63, 3.8) is 0 Å². The van der Waals surface area contributed by atoms with E-state index < -0.39 is 0 Å². The molecule has 0 aliphatic heterocycles. The Kier molecular flexibility index (Phi) is 4.54. The Morgan fingerprint density at radius 3 is 2.64 bits per heavy atom. The molecule has 1 aromatic heterocycles. The van der Waals surface area contributed by atoms with Crippen LogP contribution in [0.2, 0.25) is 0 Å². The zero-order chi connectivity index (χ0) is 15.2. The second-order valence-corrected chi connectivity index (χ2v) is 5.48. The third-order valence-electron chi connectivity index (χ3n) is 3.83. The van der Waals surface area contributed by atoms with Crippen LogP contribution < -0.4 is 5.32 Å². The van der Waals surface area contributed by atoms with Crippen molar-refractivity contribution < 1.29 is 4.79 Å². The van der Waals surface area contributed by atoms with Crippen LogP contribution in [-0.4, -0.2) is 17.4 Å². The Morgan fingerprint density at radius 1 is 1.00 bits per heavy atom. The van der Waals surface area contributed by atoms with E-state index >= 15 is 0 Å². The van der Waals surface area contributed by atoms with Gasteiger partial charge in [-0.25, -0.2) is 0 Å². The number of rotatable bonds is 6. The highest BCUT2D eigenvalue weighted by Crippen LogP contribution is 2.17. The van der Waals surface area contributed by atoms with E-state index in [9.17, 15) is 4.79 Å². The van der Waals surface area contributed by atoms with Crippen molar-refractivity contribution in [1.82, 2.24) is 10.3 Å². The van der Waals surface area contributed by atoms with Gasteiger partial charge in [0, 0.05) is 23.6 Å². The number of aryl methyl sites for hydroxylation is 1. The van der Waals surface area contributed by atoms with E-state index in [4.69, 9.17) is 0 Å². The molecule has 2 N–H and O–H groups in total. The molecule has 1 heterocycles. The predicted octanol–water partition coefficient (Wildman–Crippen LogP) is 3.46. The summed E-state index contributed by atoms with van der Waals surface area (Å²) in [6.07, 6.45) is 4.31. The van der Waals surface area contributed by atoms with Gasteiger partial charge in [0.1, 0.15) is 0 Å². The number of carbonyl (C=O) groups excluding carboxylic acids is 1. The smallest absolute Gasteiger partial charge is 0.224 e. The Bertz CT molecular complexity index is 746. The highest BCUT2D eigenvalue weighted by atomic mass is 16.1. The average molecular weight is 292 g/mol.